The van der Waals surface area contributed by atoms with E-state index in [9.17, 15) is 27.2 Å². The summed E-state index contributed by atoms with van der Waals surface area (Å²) in [5.74, 6) is -9.41. The molecule has 0 heterocycles. The van der Waals surface area contributed by atoms with E-state index in [-0.39, 0.29) is 11.5 Å². The first-order valence-corrected chi connectivity index (χ1v) is 7.20. The van der Waals surface area contributed by atoms with Crippen LogP contribution in [0.1, 0.15) is 45.0 Å². The van der Waals surface area contributed by atoms with Gasteiger partial charge in [0.15, 0.2) is 23.3 Å². The Labute approximate surface area is 137 Å². The predicted molar refractivity (Wildman–Crippen MR) is 80.3 cm³/mol. The number of nitrogens with one attached hydrogen (secondary N) is 2. The molecule has 2 amide bonds. The molecule has 0 saturated carbocycles. The summed E-state index contributed by atoms with van der Waals surface area (Å²) in [7, 11) is 0. The van der Waals surface area contributed by atoms with E-state index in [4.69, 9.17) is 0 Å². The zero-order valence-corrected chi connectivity index (χ0v) is 14.1. The molecule has 24 heavy (non-hydrogen) atoms. The Morgan fingerprint density at radius 3 is 2.00 bits per heavy atom. The van der Waals surface area contributed by atoms with Gasteiger partial charge in [-0.25, -0.2) is 17.6 Å². The van der Waals surface area contributed by atoms with E-state index in [1.165, 1.54) is 13.8 Å². The van der Waals surface area contributed by atoms with Crippen LogP contribution in [0.25, 0.3) is 0 Å². The van der Waals surface area contributed by atoms with Crippen LogP contribution in [0.3, 0.4) is 0 Å². The van der Waals surface area contributed by atoms with Gasteiger partial charge in [0.05, 0.1) is 5.56 Å². The smallest absolute Gasteiger partial charge is 0.255 e. The molecular formula is C16H20F4N2O2. The largest absolute Gasteiger partial charge is 0.354 e. The second kappa shape index (κ2) is 6.78. The van der Waals surface area contributed by atoms with Gasteiger partial charge in [0, 0.05) is 6.54 Å². The Hall–Kier alpha value is -2.12. The molecule has 0 unspecified atom stereocenters. The van der Waals surface area contributed by atoms with Crippen molar-refractivity contribution in [3.63, 3.8) is 0 Å². The lowest BCUT2D eigenvalue weighted by molar-refractivity contribution is -0.126. The van der Waals surface area contributed by atoms with Gasteiger partial charge in [-0.2, -0.15) is 0 Å². The maximum atomic E-state index is 13.6. The molecule has 8 heteroatoms. The lowest BCUT2D eigenvalue weighted by Gasteiger charge is -2.27. The summed E-state index contributed by atoms with van der Waals surface area (Å²) in [4.78, 5) is 24.1. The molecule has 4 nitrogen and oxygen atoms in total. The fourth-order valence-electron chi connectivity index (χ4n) is 1.71. The maximum Gasteiger partial charge on any atom is 0.255 e. The van der Waals surface area contributed by atoms with Gasteiger partial charge >= 0.3 is 0 Å². The van der Waals surface area contributed by atoms with Crippen molar-refractivity contribution >= 4 is 11.8 Å². The number of hydrogen-bond acceptors (Lipinski definition) is 2. The minimum atomic E-state index is -2.09. The molecule has 1 rings (SSSR count). The molecule has 0 aliphatic carbocycles. The Morgan fingerprint density at radius 2 is 1.50 bits per heavy atom. The van der Waals surface area contributed by atoms with Crippen molar-refractivity contribution < 1.29 is 27.2 Å². The number of rotatable bonds is 4. The van der Waals surface area contributed by atoms with Crippen LogP contribution in [0.15, 0.2) is 6.07 Å². The van der Waals surface area contributed by atoms with Crippen molar-refractivity contribution in [3.8, 4) is 0 Å². The molecular weight excluding hydrogens is 328 g/mol. The number of carbonyl (C=O) groups is 2. The molecule has 2 N–H and O–H groups in total. The second-order valence-corrected chi connectivity index (χ2v) is 7.17. The van der Waals surface area contributed by atoms with Gasteiger partial charge in [0.1, 0.15) is 5.54 Å². The molecule has 1 aromatic carbocycles. The van der Waals surface area contributed by atoms with Gasteiger partial charge in [0.25, 0.3) is 5.91 Å². The van der Waals surface area contributed by atoms with Crippen molar-refractivity contribution in [2.45, 2.75) is 40.2 Å². The third-order valence-electron chi connectivity index (χ3n) is 3.12. The Kier molecular flexibility index (Phi) is 5.63. The minimum Gasteiger partial charge on any atom is -0.354 e. The van der Waals surface area contributed by atoms with E-state index < -0.39 is 46.2 Å². The lowest BCUT2D eigenvalue weighted by atomic mass is 9.96. The zero-order valence-electron chi connectivity index (χ0n) is 14.1. The van der Waals surface area contributed by atoms with Gasteiger partial charge in [-0.15, -0.1) is 0 Å². The molecule has 0 saturated heterocycles. The monoisotopic (exact) mass is 348 g/mol. The van der Waals surface area contributed by atoms with Gasteiger partial charge in [0.2, 0.25) is 5.91 Å². The van der Waals surface area contributed by atoms with E-state index >= 15 is 0 Å². The van der Waals surface area contributed by atoms with Gasteiger partial charge in [-0.1, -0.05) is 20.8 Å². The topological polar surface area (TPSA) is 58.2 Å². The standard InChI is InChI=1S/C16H20F4N2O2/c1-15(2,3)7-21-14(24)16(4,5)22-13(23)8-6-9(17)11(19)12(20)10(8)18/h6H,7H2,1-5H3,(H,21,24)(H,22,23). The number of amides is 2. The molecule has 0 radical (unpaired) electrons. The Morgan fingerprint density at radius 1 is 0.958 bits per heavy atom. The minimum absolute atomic E-state index is 0.203. The first-order valence-electron chi connectivity index (χ1n) is 7.20. The van der Waals surface area contributed by atoms with E-state index in [0.29, 0.717) is 6.54 Å². The quantitative estimate of drug-likeness (QED) is 0.499. The van der Waals surface area contributed by atoms with Crippen LogP contribution >= 0.6 is 0 Å². The summed E-state index contributed by atoms with van der Waals surface area (Å²) in [6.45, 7) is 8.67. The van der Waals surface area contributed by atoms with Gasteiger partial charge < -0.3 is 10.6 Å². The third-order valence-corrected chi connectivity index (χ3v) is 3.12. The molecule has 1 aromatic rings. The summed E-state index contributed by atoms with van der Waals surface area (Å²) in [5, 5.41) is 4.79. The van der Waals surface area contributed by atoms with Crippen molar-refractivity contribution in [3.05, 3.63) is 34.9 Å². The first kappa shape index (κ1) is 19.9. The third kappa shape index (κ3) is 4.69. The van der Waals surface area contributed by atoms with Crippen LogP contribution in [-0.4, -0.2) is 23.9 Å². The number of benzene rings is 1. The van der Waals surface area contributed by atoms with Crippen LogP contribution in [0.4, 0.5) is 17.6 Å². The zero-order chi connectivity index (χ0) is 18.9. The van der Waals surface area contributed by atoms with Crippen LogP contribution in [0.5, 0.6) is 0 Å². The summed E-state index contributed by atoms with van der Waals surface area (Å²) in [5.41, 5.74) is -2.70. The van der Waals surface area contributed by atoms with Crippen molar-refractivity contribution in [1.29, 1.82) is 0 Å². The number of hydrogen-bond donors (Lipinski definition) is 2. The van der Waals surface area contributed by atoms with Crippen LogP contribution in [-0.2, 0) is 4.79 Å². The molecule has 0 atom stereocenters. The highest BCUT2D eigenvalue weighted by Gasteiger charge is 2.32. The molecule has 134 valence electrons. The maximum absolute atomic E-state index is 13.6. The van der Waals surface area contributed by atoms with Crippen molar-refractivity contribution in [2.75, 3.05) is 6.54 Å². The van der Waals surface area contributed by atoms with Crippen molar-refractivity contribution in [2.24, 2.45) is 5.41 Å². The molecule has 0 bridgehead atoms. The molecule has 0 spiro atoms. The SMILES string of the molecule is CC(C)(C)CNC(=O)C(C)(C)NC(=O)c1cc(F)c(F)c(F)c1F. The van der Waals surface area contributed by atoms with E-state index in [2.05, 4.69) is 10.6 Å². The number of carbonyl (C=O) groups excluding carboxylic acids is 2. The van der Waals surface area contributed by atoms with E-state index in [0.717, 1.165) is 0 Å². The highest BCUT2D eigenvalue weighted by molar-refractivity contribution is 5.99. The summed E-state index contributed by atoms with van der Waals surface area (Å²) >= 11 is 0. The summed E-state index contributed by atoms with van der Waals surface area (Å²) < 4.78 is 52.9. The predicted octanol–water partition coefficient (Wildman–Crippen LogP) is 2.91. The average Bonchev–Trinajstić information content (AvgIpc) is 2.44. The van der Waals surface area contributed by atoms with Crippen LogP contribution < -0.4 is 10.6 Å². The Bertz CT molecular complexity index is 667. The van der Waals surface area contributed by atoms with Crippen LogP contribution in [0.2, 0.25) is 0 Å². The van der Waals surface area contributed by atoms with Gasteiger partial charge in [-0.3, -0.25) is 9.59 Å². The molecule has 0 aromatic heterocycles. The van der Waals surface area contributed by atoms with Crippen LogP contribution in [0, 0.1) is 28.7 Å². The first-order chi connectivity index (χ1) is 10.8. The summed E-state index contributed by atoms with van der Waals surface area (Å²) in [6, 6.07) is 0.242. The molecule has 0 aliphatic rings. The second-order valence-electron chi connectivity index (χ2n) is 7.17. The highest BCUT2D eigenvalue weighted by atomic mass is 19.2. The number of halogens is 4. The normalized spacial score (nSPS) is 12.0. The van der Waals surface area contributed by atoms with Gasteiger partial charge in [-0.05, 0) is 25.3 Å². The fraction of sp³-hybridized carbons (Fsp3) is 0.500. The fourth-order valence-corrected chi connectivity index (χ4v) is 1.71. The average molecular weight is 348 g/mol. The highest BCUT2D eigenvalue weighted by Crippen LogP contribution is 2.19. The molecule has 0 aliphatic heterocycles. The van der Waals surface area contributed by atoms with E-state index in [1.807, 2.05) is 20.8 Å². The Balaban J connectivity index is 2.96. The van der Waals surface area contributed by atoms with E-state index in [1.54, 1.807) is 0 Å². The summed E-state index contributed by atoms with van der Waals surface area (Å²) in [6.07, 6.45) is 0. The lowest BCUT2D eigenvalue weighted by Crippen LogP contribution is -2.55. The van der Waals surface area contributed by atoms with Crippen molar-refractivity contribution in [1.82, 2.24) is 10.6 Å². The molecule has 0 fully saturated rings.